The number of rotatable bonds is 5. The van der Waals surface area contributed by atoms with Gasteiger partial charge < -0.3 is 55.3 Å². The number of hydrogen-bond acceptors (Lipinski definition) is 11. The van der Waals surface area contributed by atoms with E-state index in [1.54, 1.807) is 0 Å². The second-order valence-corrected chi connectivity index (χ2v) is 6.38. The highest BCUT2D eigenvalue weighted by Gasteiger charge is 2.55. The zero-order valence-corrected chi connectivity index (χ0v) is 14.0. The fraction of sp³-hybridized carbons (Fsp3) is 0.929. The van der Waals surface area contributed by atoms with E-state index < -0.39 is 74.0 Å². The number of ether oxygens (including phenoxy) is 3. The molecule has 12 nitrogen and oxygen atoms in total. The largest absolute Gasteiger partial charge is 0.394 e. The van der Waals surface area contributed by atoms with E-state index in [-0.39, 0.29) is 6.42 Å². The maximum atomic E-state index is 11.1. The number of carbonyl (C=O) groups excluding carboxylic acids is 1. The lowest BCUT2D eigenvalue weighted by atomic mass is 9.93. The average Bonchev–Trinajstić information content (AvgIpc) is 2.57. The quantitative estimate of drug-likeness (QED) is 0.212. The summed E-state index contributed by atoms with van der Waals surface area (Å²) in [5, 5.41) is 70.5. The standard InChI is InChI=1S/C14H25NO11/c1-5(17)15-14(23)12(21)11(20)8(26-13(14)22)4-24-9-2-6(18)10(19)7(3-16)25-9/h6-13,16,18-23H,2-4H2,1H3,(H,15,17)/t6-,7-,8-,9-,10-,11+,12+,13?,14-/m1/s1. The van der Waals surface area contributed by atoms with Gasteiger partial charge in [-0.05, 0) is 0 Å². The van der Waals surface area contributed by atoms with Gasteiger partial charge in [0, 0.05) is 13.3 Å². The number of aliphatic hydroxyl groups excluding tert-OH is 6. The first-order valence-corrected chi connectivity index (χ1v) is 8.05. The Morgan fingerprint density at radius 3 is 2.38 bits per heavy atom. The van der Waals surface area contributed by atoms with Crippen LogP contribution in [0.15, 0.2) is 0 Å². The van der Waals surface area contributed by atoms with Gasteiger partial charge in [-0.25, -0.2) is 0 Å². The highest BCUT2D eigenvalue weighted by Crippen LogP contribution is 2.28. The molecule has 9 atom stereocenters. The average molecular weight is 383 g/mol. The molecular formula is C14H25NO11. The summed E-state index contributed by atoms with van der Waals surface area (Å²) in [7, 11) is 0. The summed E-state index contributed by atoms with van der Waals surface area (Å²) < 4.78 is 15.6. The van der Waals surface area contributed by atoms with Crippen LogP contribution in [0.1, 0.15) is 13.3 Å². The van der Waals surface area contributed by atoms with Gasteiger partial charge in [-0.2, -0.15) is 0 Å². The lowest BCUT2D eigenvalue weighted by Crippen LogP contribution is -2.73. The molecule has 0 spiro atoms. The van der Waals surface area contributed by atoms with Gasteiger partial charge in [-0.1, -0.05) is 0 Å². The predicted molar refractivity (Wildman–Crippen MR) is 80.0 cm³/mol. The summed E-state index contributed by atoms with van der Waals surface area (Å²) in [5.74, 6) is -0.769. The second-order valence-electron chi connectivity index (χ2n) is 6.38. The molecule has 8 N–H and O–H groups in total. The van der Waals surface area contributed by atoms with Crippen molar-refractivity contribution in [3.63, 3.8) is 0 Å². The van der Waals surface area contributed by atoms with Crippen LogP contribution < -0.4 is 5.32 Å². The van der Waals surface area contributed by atoms with Crippen LogP contribution in [-0.4, -0.2) is 110 Å². The molecule has 2 aliphatic heterocycles. The van der Waals surface area contributed by atoms with Crippen LogP contribution in [0, 0.1) is 0 Å². The fourth-order valence-electron chi connectivity index (χ4n) is 2.89. The van der Waals surface area contributed by atoms with Crippen LogP contribution in [0.2, 0.25) is 0 Å². The molecule has 26 heavy (non-hydrogen) atoms. The van der Waals surface area contributed by atoms with Crippen molar-refractivity contribution in [2.24, 2.45) is 0 Å². The van der Waals surface area contributed by atoms with Crippen molar-refractivity contribution in [1.82, 2.24) is 5.32 Å². The molecule has 1 unspecified atom stereocenters. The first-order valence-electron chi connectivity index (χ1n) is 8.05. The fourth-order valence-corrected chi connectivity index (χ4v) is 2.89. The first-order chi connectivity index (χ1) is 12.1. The van der Waals surface area contributed by atoms with Gasteiger partial charge in [0.15, 0.2) is 6.29 Å². The van der Waals surface area contributed by atoms with E-state index in [4.69, 9.17) is 19.3 Å². The summed E-state index contributed by atoms with van der Waals surface area (Å²) in [6, 6.07) is 0. The van der Waals surface area contributed by atoms with Crippen LogP contribution >= 0.6 is 0 Å². The molecule has 2 fully saturated rings. The predicted octanol–water partition coefficient (Wildman–Crippen LogP) is -4.90. The van der Waals surface area contributed by atoms with E-state index >= 15 is 0 Å². The third-order valence-corrected chi connectivity index (χ3v) is 4.37. The summed E-state index contributed by atoms with van der Waals surface area (Å²) in [6.07, 6.45) is -11.8. The Morgan fingerprint density at radius 2 is 1.81 bits per heavy atom. The zero-order chi connectivity index (χ0) is 19.6. The minimum absolute atomic E-state index is 0.124. The molecule has 2 aliphatic rings. The lowest BCUT2D eigenvalue weighted by Gasteiger charge is -2.46. The molecule has 0 bridgehead atoms. The molecule has 0 aromatic rings. The lowest BCUT2D eigenvalue weighted by molar-refractivity contribution is -0.344. The van der Waals surface area contributed by atoms with Gasteiger partial charge in [0.1, 0.15) is 30.5 Å². The molecule has 152 valence electrons. The van der Waals surface area contributed by atoms with E-state index in [0.29, 0.717) is 0 Å². The first kappa shape index (κ1) is 21.4. The van der Waals surface area contributed by atoms with Gasteiger partial charge >= 0.3 is 0 Å². The molecule has 2 saturated heterocycles. The normalized spacial score (nSPS) is 46.8. The molecule has 1 amide bonds. The Labute approximate surface area is 148 Å². The van der Waals surface area contributed by atoms with Gasteiger partial charge in [-0.3, -0.25) is 4.79 Å². The Bertz CT molecular complexity index is 494. The molecule has 2 heterocycles. The Kier molecular flexibility index (Phi) is 6.90. The molecule has 0 radical (unpaired) electrons. The van der Waals surface area contributed by atoms with Crippen molar-refractivity contribution in [1.29, 1.82) is 0 Å². The van der Waals surface area contributed by atoms with Crippen molar-refractivity contribution in [2.75, 3.05) is 13.2 Å². The van der Waals surface area contributed by atoms with Crippen LogP contribution in [0.4, 0.5) is 0 Å². The maximum absolute atomic E-state index is 11.1. The number of nitrogens with one attached hydrogen (secondary N) is 1. The molecule has 0 aliphatic carbocycles. The maximum Gasteiger partial charge on any atom is 0.219 e. The molecule has 12 heteroatoms. The molecular weight excluding hydrogens is 358 g/mol. The minimum atomic E-state index is -2.61. The highest BCUT2D eigenvalue weighted by atomic mass is 16.7. The third kappa shape index (κ3) is 4.31. The van der Waals surface area contributed by atoms with Crippen molar-refractivity contribution in [3.05, 3.63) is 0 Å². The topological polar surface area (TPSA) is 198 Å². The Hall–Kier alpha value is -0.930. The number of carbonyl (C=O) groups is 1. The van der Waals surface area contributed by atoms with Crippen LogP contribution in [0.5, 0.6) is 0 Å². The van der Waals surface area contributed by atoms with E-state index in [1.165, 1.54) is 0 Å². The third-order valence-electron chi connectivity index (χ3n) is 4.37. The van der Waals surface area contributed by atoms with Crippen molar-refractivity contribution < 1.29 is 54.8 Å². The van der Waals surface area contributed by atoms with Crippen molar-refractivity contribution in [3.8, 4) is 0 Å². The van der Waals surface area contributed by atoms with E-state index in [9.17, 15) is 35.4 Å². The molecule has 2 rings (SSSR count). The van der Waals surface area contributed by atoms with E-state index in [2.05, 4.69) is 0 Å². The number of hydrogen-bond donors (Lipinski definition) is 8. The second kappa shape index (κ2) is 8.39. The van der Waals surface area contributed by atoms with Gasteiger partial charge in [0.2, 0.25) is 17.9 Å². The van der Waals surface area contributed by atoms with Crippen LogP contribution in [0.25, 0.3) is 0 Å². The van der Waals surface area contributed by atoms with E-state index in [1.807, 2.05) is 5.32 Å². The monoisotopic (exact) mass is 383 g/mol. The summed E-state index contributed by atoms with van der Waals surface area (Å²) >= 11 is 0. The molecule has 0 aromatic heterocycles. The zero-order valence-electron chi connectivity index (χ0n) is 14.0. The van der Waals surface area contributed by atoms with E-state index in [0.717, 1.165) is 6.92 Å². The highest BCUT2D eigenvalue weighted by molar-refractivity contribution is 5.73. The summed E-state index contributed by atoms with van der Waals surface area (Å²) in [4.78, 5) is 11.1. The van der Waals surface area contributed by atoms with Crippen LogP contribution in [0.3, 0.4) is 0 Å². The van der Waals surface area contributed by atoms with Gasteiger partial charge in [0.05, 0.1) is 19.3 Å². The number of amides is 1. The molecule has 0 aromatic carbocycles. The SMILES string of the molecule is CC(=O)N[C@]1(O)C(O)O[C@H](CO[C@H]2C[C@@H](O)[C@@H](O)[C@@H](CO)O2)[C@H](O)[C@@H]1O. The Morgan fingerprint density at radius 1 is 1.15 bits per heavy atom. The van der Waals surface area contributed by atoms with Crippen molar-refractivity contribution >= 4 is 5.91 Å². The summed E-state index contributed by atoms with van der Waals surface area (Å²) in [5.41, 5.74) is -2.61. The van der Waals surface area contributed by atoms with Gasteiger partial charge in [0.25, 0.3) is 0 Å². The van der Waals surface area contributed by atoms with Gasteiger partial charge in [-0.15, -0.1) is 0 Å². The van der Waals surface area contributed by atoms with Crippen LogP contribution in [-0.2, 0) is 19.0 Å². The number of aliphatic hydroxyl groups is 7. The van der Waals surface area contributed by atoms with Crippen molar-refractivity contribution in [2.45, 2.75) is 68.3 Å². The smallest absolute Gasteiger partial charge is 0.219 e. The summed E-state index contributed by atoms with van der Waals surface area (Å²) in [6.45, 7) is 0.0651. The molecule has 0 saturated carbocycles. The Balaban J connectivity index is 1.96. The minimum Gasteiger partial charge on any atom is -0.394 e.